The number of quaternary nitrogens is 1. The van der Waals surface area contributed by atoms with Crippen LogP contribution in [0.1, 0.15) is 72.1 Å². The standard InChI is InChI=1S/C29H54N10O8/c1-16(2)14-20(37-24(42)18(31)8-6-12-34-29(32)33)25(43)38-21(15-40)26(44)35-17(3)23(41)36-19(9-4-5-11-30)27(45)39-13-7-10-22(39)28(46)47/h16-22,40H,4-15,30-31H2,1-3H3,(H,35,44)(H,36,41)(H,37,42)(H,38,43)(H,46,47)(H4,32,33,34)/p+2/t17-,18-,19-,20-,21-,22-/m0/s1. The van der Waals surface area contributed by atoms with Crippen molar-refractivity contribution in [3.05, 3.63) is 0 Å². The maximum absolute atomic E-state index is 13.3. The highest BCUT2D eigenvalue weighted by Crippen LogP contribution is 2.20. The summed E-state index contributed by atoms with van der Waals surface area (Å²) in [6, 6.07) is -6.62. The summed E-state index contributed by atoms with van der Waals surface area (Å²) in [6.45, 7) is 5.52. The van der Waals surface area contributed by atoms with Crippen LogP contribution >= 0.6 is 0 Å². The molecule has 0 unspecified atom stereocenters. The van der Waals surface area contributed by atoms with Crippen molar-refractivity contribution in [3.8, 4) is 0 Å². The lowest BCUT2D eigenvalue weighted by molar-refractivity contribution is -0.459. The molecule has 268 valence electrons. The largest absolute Gasteiger partial charge is 0.480 e. The number of hydrogen-bond acceptors (Lipinski definition) is 8. The van der Waals surface area contributed by atoms with E-state index >= 15 is 0 Å². The van der Waals surface area contributed by atoms with Gasteiger partial charge in [0.05, 0.1) is 25.7 Å². The van der Waals surface area contributed by atoms with Crippen LogP contribution in [0.4, 0.5) is 0 Å². The number of likely N-dealkylation sites (tertiary alicyclic amines) is 1. The summed E-state index contributed by atoms with van der Waals surface area (Å²) in [4.78, 5) is 80.8. The normalized spacial score (nSPS) is 17.5. The Kier molecular flexibility index (Phi) is 18.3. The molecule has 1 rings (SSSR count). The van der Waals surface area contributed by atoms with Crippen molar-refractivity contribution in [1.29, 1.82) is 0 Å². The highest BCUT2D eigenvalue weighted by molar-refractivity contribution is 5.96. The van der Waals surface area contributed by atoms with Crippen molar-refractivity contribution >= 4 is 41.5 Å². The molecule has 1 aliphatic rings. The number of nitrogens with one attached hydrogen (secondary N) is 5. The Morgan fingerprint density at radius 2 is 1.49 bits per heavy atom. The van der Waals surface area contributed by atoms with Crippen LogP contribution in [0.3, 0.4) is 0 Å². The predicted molar refractivity (Wildman–Crippen MR) is 170 cm³/mol. The Morgan fingerprint density at radius 3 is 2.06 bits per heavy atom. The van der Waals surface area contributed by atoms with Gasteiger partial charge in [0, 0.05) is 6.54 Å². The lowest BCUT2D eigenvalue weighted by Gasteiger charge is -2.28. The average molecular weight is 673 g/mol. The second-order valence-electron chi connectivity index (χ2n) is 12.2. The van der Waals surface area contributed by atoms with Gasteiger partial charge in [-0.25, -0.2) is 4.79 Å². The quantitative estimate of drug-likeness (QED) is 0.0310. The Morgan fingerprint density at radius 1 is 0.872 bits per heavy atom. The van der Waals surface area contributed by atoms with E-state index in [9.17, 15) is 39.0 Å². The number of unbranched alkanes of at least 4 members (excludes halogenated alkanes) is 1. The molecular formula is C29H56N10O8+2. The predicted octanol–water partition coefficient (Wildman–Crippen LogP) is -6.07. The number of carboxylic acids is 1. The highest BCUT2D eigenvalue weighted by Gasteiger charge is 2.38. The summed E-state index contributed by atoms with van der Waals surface area (Å²) in [5.41, 5.74) is 20.4. The van der Waals surface area contributed by atoms with Crippen LogP contribution in [0.5, 0.6) is 0 Å². The van der Waals surface area contributed by atoms with Gasteiger partial charge in [-0.3, -0.25) is 40.4 Å². The minimum Gasteiger partial charge on any atom is -0.480 e. The van der Waals surface area contributed by atoms with Crippen LogP contribution in [-0.2, 0) is 28.8 Å². The van der Waals surface area contributed by atoms with E-state index in [1.807, 2.05) is 13.8 Å². The Labute approximate surface area is 275 Å². The van der Waals surface area contributed by atoms with E-state index < -0.39 is 78.4 Å². The number of carboxylic acid groups (broad SMARTS) is 1. The van der Waals surface area contributed by atoms with Crippen molar-refractivity contribution in [3.63, 3.8) is 0 Å². The second kappa shape index (κ2) is 21.0. The molecule has 0 radical (unpaired) electrons. The van der Waals surface area contributed by atoms with Gasteiger partial charge >= 0.3 is 11.9 Å². The minimum absolute atomic E-state index is 0.0322. The van der Waals surface area contributed by atoms with Crippen LogP contribution in [-0.4, -0.2) is 119 Å². The number of aliphatic hydroxyl groups excluding tert-OH is 1. The number of hydrogen-bond donors (Lipinski definition) is 11. The van der Waals surface area contributed by atoms with Gasteiger partial charge < -0.3 is 47.8 Å². The molecule has 16 N–H and O–H groups in total. The maximum Gasteiger partial charge on any atom is 0.338 e. The Bertz CT molecular complexity index is 1100. The first kappa shape index (κ1) is 41.0. The summed E-state index contributed by atoms with van der Waals surface area (Å²) in [5.74, 6) is -4.50. The van der Waals surface area contributed by atoms with E-state index in [-0.39, 0.29) is 37.7 Å². The van der Waals surface area contributed by atoms with E-state index in [2.05, 4.69) is 32.0 Å². The van der Waals surface area contributed by atoms with Crippen LogP contribution in [0.2, 0.25) is 0 Å². The van der Waals surface area contributed by atoms with Gasteiger partial charge in [0.1, 0.15) is 30.2 Å². The monoisotopic (exact) mass is 672 g/mol. The molecule has 0 aliphatic carbocycles. The van der Waals surface area contributed by atoms with E-state index in [4.69, 9.17) is 17.2 Å². The van der Waals surface area contributed by atoms with Crippen LogP contribution in [0.25, 0.3) is 0 Å². The topological polar surface area (TPSA) is 314 Å². The number of amides is 5. The van der Waals surface area contributed by atoms with Crippen molar-refractivity contribution in [2.75, 3.05) is 26.2 Å². The Balaban J connectivity index is 2.87. The molecule has 18 nitrogen and oxygen atoms in total. The average Bonchev–Trinajstić information content (AvgIpc) is 3.50. The molecule has 1 aliphatic heterocycles. The molecule has 0 aromatic heterocycles. The van der Waals surface area contributed by atoms with Crippen molar-refractivity contribution in [2.45, 2.75) is 108 Å². The van der Waals surface area contributed by atoms with Crippen molar-refractivity contribution < 1.29 is 49.7 Å². The molecule has 0 aromatic rings. The molecule has 5 amide bonds. The third-order valence-electron chi connectivity index (χ3n) is 7.69. The van der Waals surface area contributed by atoms with Crippen LogP contribution < -0.4 is 49.2 Å². The number of guanidine groups is 1. The number of rotatable bonds is 21. The number of aliphatic carboxylic acids is 1. The van der Waals surface area contributed by atoms with E-state index in [1.54, 1.807) is 0 Å². The molecule has 1 saturated heterocycles. The van der Waals surface area contributed by atoms with Crippen LogP contribution in [0, 0.1) is 5.92 Å². The van der Waals surface area contributed by atoms with E-state index in [0.29, 0.717) is 45.2 Å². The number of nitrogens with two attached hydrogens (primary N) is 3. The molecule has 1 heterocycles. The number of carbonyl (C=O) groups is 6. The van der Waals surface area contributed by atoms with Gasteiger partial charge in [-0.15, -0.1) is 0 Å². The summed E-state index contributed by atoms with van der Waals surface area (Å²) in [5, 5.41) is 29.5. The fraction of sp³-hybridized carbons (Fsp3) is 0.759. The molecule has 0 aromatic carbocycles. The molecule has 18 heteroatoms. The molecule has 0 saturated carbocycles. The fourth-order valence-corrected chi connectivity index (χ4v) is 5.08. The van der Waals surface area contributed by atoms with Gasteiger partial charge in [0.2, 0.25) is 29.5 Å². The highest BCUT2D eigenvalue weighted by atomic mass is 16.4. The first-order valence-corrected chi connectivity index (χ1v) is 16.1. The fourth-order valence-electron chi connectivity index (χ4n) is 5.08. The smallest absolute Gasteiger partial charge is 0.338 e. The SMILES string of the molecule is CC(C)C[C@H](NC(=O)[C@@H](N)CCC[NH+]=C(N)N)C(=O)N[C@@H](CO)C(=O)N[C@@H](C)C(=O)N[C@@H](CCCC[NH3+])C(=O)N1CCC[C@H]1C(=O)O. The third kappa shape index (κ3) is 14.5. The molecule has 47 heavy (non-hydrogen) atoms. The van der Waals surface area contributed by atoms with E-state index in [0.717, 1.165) is 0 Å². The zero-order chi connectivity index (χ0) is 35.7. The molecule has 0 bridgehead atoms. The van der Waals surface area contributed by atoms with Gasteiger partial charge in [-0.1, -0.05) is 13.8 Å². The molecule has 0 spiro atoms. The first-order valence-electron chi connectivity index (χ1n) is 16.1. The number of carbonyl (C=O) groups excluding carboxylic acids is 5. The summed E-state index contributed by atoms with van der Waals surface area (Å²) in [6.07, 6.45) is 3.33. The summed E-state index contributed by atoms with van der Waals surface area (Å²) in [7, 11) is 0. The van der Waals surface area contributed by atoms with Crippen molar-refractivity contribution in [2.24, 2.45) is 23.1 Å². The summed E-state index contributed by atoms with van der Waals surface area (Å²) < 4.78 is 0. The Hall–Kier alpha value is -4.03. The minimum atomic E-state index is -1.46. The van der Waals surface area contributed by atoms with Crippen molar-refractivity contribution in [1.82, 2.24) is 26.2 Å². The van der Waals surface area contributed by atoms with Gasteiger partial charge in [0.15, 0.2) is 0 Å². The maximum atomic E-state index is 13.3. The van der Waals surface area contributed by atoms with Crippen LogP contribution in [0.15, 0.2) is 0 Å². The van der Waals surface area contributed by atoms with Gasteiger partial charge in [0.25, 0.3) is 0 Å². The lowest BCUT2D eigenvalue weighted by Crippen LogP contribution is -2.78. The third-order valence-corrected chi connectivity index (χ3v) is 7.69. The summed E-state index contributed by atoms with van der Waals surface area (Å²) >= 11 is 0. The van der Waals surface area contributed by atoms with Gasteiger partial charge in [-0.05, 0) is 64.2 Å². The zero-order valence-electron chi connectivity index (χ0n) is 27.8. The number of aliphatic hydroxyl groups is 1. The second-order valence-corrected chi connectivity index (χ2v) is 12.2. The molecule has 1 fully saturated rings. The lowest BCUT2D eigenvalue weighted by atomic mass is 10.0. The van der Waals surface area contributed by atoms with Gasteiger partial charge in [-0.2, -0.15) is 0 Å². The number of nitrogens with zero attached hydrogens (tertiary/aromatic N) is 1. The first-order chi connectivity index (χ1) is 22.1. The molecule has 6 atom stereocenters. The zero-order valence-corrected chi connectivity index (χ0v) is 27.8. The van der Waals surface area contributed by atoms with E-state index in [1.165, 1.54) is 11.8 Å². The molecular weight excluding hydrogens is 616 g/mol.